The van der Waals surface area contributed by atoms with Gasteiger partial charge >= 0.3 is 5.97 Å². The smallest absolute Gasteiger partial charge is 0.354 e. The van der Waals surface area contributed by atoms with E-state index in [1.54, 1.807) is 7.05 Å². The number of hydrogen-bond acceptors (Lipinski definition) is 5. The zero-order valence-electron chi connectivity index (χ0n) is 15.3. The molecule has 1 heterocycles. The number of ether oxygens (including phenoxy) is 1. The highest BCUT2D eigenvalue weighted by Gasteiger charge is 2.21. The maximum atomic E-state index is 12.3. The van der Waals surface area contributed by atoms with E-state index in [4.69, 9.17) is 0 Å². The molecule has 0 unspecified atom stereocenters. The summed E-state index contributed by atoms with van der Waals surface area (Å²) in [7, 11) is -1.01. The van der Waals surface area contributed by atoms with Gasteiger partial charge in [-0.1, -0.05) is 25.7 Å². The van der Waals surface area contributed by atoms with Crippen molar-refractivity contribution in [1.29, 1.82) is 0 Å². The minimum absolute atomic E-state index is 0.00331. The fourth-order valence-electron chi connectivity index (χ4n) is 3.09. The van der Waals surface area contributed by atoms with E-state index >= 15 is 0 Å². The first-order valence-corrected chi connectivity index (χ1v) is 10.4. The third-order valence-corrected chi connectivity index (χ3v) is 5.98. The van der Waals surface area contributed by atoms with Crippen molar-refractivity contribution in [3.05, 3.63) is 18.0 Å². The van der Waals surface area contributed by atoms with E-state index < -0.39 is 16.0 Å². The summed E-state index contributed by atoms with van der Waals surface area (Å²) in [4.78, 5) is 23.6. The van der Waals surface area contributed by atoms with Crippen molar-refractivity contribution >= 4 is 21.9 Å². The topological polar surface area (TPSA) is 106 Å². The molecule has 1 aromatic heterocycles. The summed E-state index contributed by atoms with van der Waals surface area (Å²) in [6.07, 6.45) is 8.03. The molecule has 1 aliphatic rings. The van der Waals surface area contributed by atoms with Crippen LogP contribution in [0, 0.1) is 0 Å². The number of esters is 1. The average Bonchev–Trinajstić information content (AvgIpc) is 2.81. The lowest BCUT2D eigenvalue weighted by Crippen LogP contribution is -2.36. The number of amides is 1. The zero-order chi connectivity index (χ0) is 19.2. The van der Waals surface area contributed by atoms with Crippen molar-refractivity contribution in [2.45, 2.75) is 55.9 Å². The van der Waals surface area contributed by atoms with Gasteiger partial charge in [0.15, 0.2) is 0 Å². The summed E-state index contributed by atoms with van der Waals surface area (Å²) < 4.78 is 33.0. The van der Waals surface area contributed by atoms with Crippen LogP contribution in [0.25, 0.3) is 0 Å². The predicted molar refractivity (Wildman–Crippen MR) is 96.2 cm³/mol. The molecule has 1 amide bonds. The Hall–Kier alpha value is -1.87. The van der Waals surface area contributed by atoms with Gasteiger partial charge in [-0.05, 0) is 18.9 Å². The first-order chi connectivity index (χ1) is 12.3. The first-order valence-electron chi connectivity index (χ1n) is 8.87. The van der Waals surface area contributed by atoms with Crippen LogP contribution in [-0.2, 0) is 26.6 Å². The lowest BCUT2D eigenvalue weighted by molar-refractivity contribution is -0.121. The minimum Gasteiger partial charge on any atom is -0.464 e. The van der Waals surface area contributed by atoms with Gasteiger partial charge in [0.05, 0.1) is 7.11 Å². The molecule has 0 radical (unpaired) electrons. The first kappa shape index (κ1) is 20.4. The van der Waals surface area contributed by atoms with Crippen LogP contribution in [0.5, 0.6) is 0 Å². The van der Waals surface area contributed by atoms with Gasteiger partial charge in [0.25, 0.3) is 0 Å². The van der Waals surface area contributed by atoms with Crippen LogP contribution < -0.4 is 10.0 Å². The maximum absolute atomic E-state index is 12.3. The molecular weight excluding hydrogens is 358 g/mol. The second-order valence-electron chi connectivity index (χ2n) is 6.57. The number of aromatic nitrogens is 1. The SMILES string of the molecule is COC(=O)c1cc(S(=O)(=O)NCCC(=O)NC2CCCCCC2)cn1C. The minimum atomic E-state index is -3.80. The normalized spacial score (nSPS) is 16.1. The van der Waals surface area contributed by atoms with E-state index in [9.17, 15) is 18.0 Å². The standard InChI is InChI=1S/C17H27N3O5S/c1-20-12-14(11-15(20)17(22)25-2)26(23,24)18-10-9-16(21)19-13-7-5-3-4-6-8-13/h11-13,18H,3-10H2,1-2H3,(H,19,21). The van der Waals surface area contributed by atoms with Crippen molar-refractivity contribution in [2.24, 2.45) is 7.05 Å². The van der Waals surface area contributed by atoms with Crippen molar-refractivity contribution in [1.82, 2.24) is 14.6 Å². The molecule has 1 saturated carbocycles. The molecule has 0 aromatic carbocycles. The molecule has 1 aliphatic carbocycles. The maximum Gasteiger partial charge on any atom is 0.354 e. The van der Waals surface area contributed by atoms with Crippen LogP contribution in [0.15, 0.2) is 17.2 Å². The number of hydrogen-bond donors (Lipinski definition) is 2. The summed E-state index contributed by atoms with van der Waals surface area (Å²) in [5.74, 6) is -0.764. The Labute approximate surface area is 154 Å². The average molecular weight is 385 g/mol. The number of nitrogens with zero attached hydrogens (tertiary/aromatic N) is 1. The number of methoxy groups -OCH3 is 1. The number of aryl methyl sites for hydroxylation is 1. The molecule has 0 atom stereocenters. The fourth-order valence-corrected chi connectivity index (χ4v) is 4.20. The number of carbonyl (C=O) groups is 2. The number of sulfonamides is 1. The van der Waals surface area contributed by atoms with Crippen molar-refractivity contribution in [3.63, 3.8) is 0 Å². The van der Waals surface area contributed by atoms with E-state index in [0.717, 1.165) is 25.7 Å². The lowest BCUT2D eigenvalue weighted by atomic mass is 10.1. The molecule has 146 valence electrons. The molecule has 26 heavy (non-hydrogen) atoms. The van der Waals surface area contributed by atoms with Gasteiger partial charge in [0.2, 0.25) is 15.9 Å². The molecule has 1 fully saturated rings. The Bertz CT molecular complexity index is 734. The van der Waals surface area contributed by atoms with E-state index in [2.05, 4.69) is 14.8 Å². The van der Waals surface area contributed by atoms with Gasteiger partial charge in [0.1, 0.15) is 10.6 Å². The van der Waals surface area contributed by atoms with Gasteiger partial charge < -0.3 is 14.6 Å². The summed E-state index contributed by atoms with van der Waals surface area (Å²) in [6, 6.07) is 1.44. The second-order valence-corrected chi connectivity index (χ2v) is 8.33. The quantitative estimate of drug-likeness (QED) is 0.544. The van der Waals surface area contributed by atoms with E-state index in [1.807, 2.05) is 0 Å². The molecule has 0 saturated heterocycles. The van der Waals surface area contributed by atoms with Gasteiger partial charge in [-0.25, -0.2) is 17.9 Å². The molecule has 2 N–H and O–H groups in total. The zero-order valence-corrected chi connectivity index (χ0v) is 16.1. The predicted octanol–water partition coefficient (Wildman–Crippen LogP) is 1.32. The largest absolute Gasteiger partial charge is 0.464 e. The van der Waals surface area contributed by atoms with E-state index in [1.165, 1.54) is 36.8 Å². The highest BCUT2D eigenvalue weighted by atomic mass is 32.2. The molecule has 8 nitrogen and oxygen atoms in total. The van der Waals surface area contributed by atoms with Crippen LogP contribution in [0.1, 0.15) is 55.4 Å². The Morgan fingerprint density at radius 2 is 1.88 bits per heavy atom. The monoisotopic (exact) mass is 385 g/mol. The molecule has 9 heteroatoms. The van der Waals surface area contributed by atoms with Gasteiger partial charge in [-0.3, -0.25) is 4.79 Å². The number of nitrogens with one attached hydrogen (secondary N) is 2. The van der Waals surface area contributed by atoms with Crippen LogP contribution in [0.4, 0.5) is 0 Å². The Morgan fingerprint density at radius 3 is 2.50 bits per heavy atom. The number of carbonyl (C=O) groups excluding carboxylic acids is 2. The van der Waals surface area contributed by atoms with Gasteiger partial charge in [-0.2, -0.15) is 0 Å². The second kappa shape index (κ2) is 9.18. The molecule has 0 bridgehead atoms. The fraction of sp³-hybridized carbons (Fsp3) is 0.647. The Balaban J connectivity index is 1.86. The summed E-state index contributed by atoms with van der Waals surface area (Å²) in [6.45, 7) is 0.00331. The van der Waals surface area contributed by atoms with E-state index in [0.29, 0.717) is 0 Å². The molecule has 0 spiro atoms. The number of rotatable bonds is 7. The third kappa shape index (κ3) is 5.57. The van der Waals surface area contributed by atoms with E-state index in [-0.39, 0.29) is 35.5 Å². The highest BCUT2D eigenvalue weighted by Crippen LogP contribution is 2.17. The van der Waals surface area contributed by atoms with Gasteiger partial charge in [-0.15, -0.1) is 0 Å². The summed E-state index contributed by atoms with van der Waals surface area (Å²) in [5, 5.41) is 2.98. The lowest BCUT2D eigenvalue weighted by Gasteiger charge is -2.16. The van der Waals surface area contributed by atoms with Crippen LogP contribution in [0.2, 0.25) is 0 Å². The van der Waals surface area contributed by atoms with Crippen LogP contribution in [-0.4, -0.2) is 44.6 Å². The molecule has 2 rings (SSSR count). The molecular formula is C17H27N3O5S. The van der Waals surface area contributed by atoms with Crippen molar-refractivity contribution in [3.8, 4) is 0 Å². The Morgan fingerprint density at radius 1 is 1.23 bits per heavy atom. The summed E-state index contributed by atoms with van der Waals surface area (Å²) >= 11 is 0. The van der Waals surface area contributed by atoms with Gasteiger partial charge in [0, 0.05) is 32.3 Å². The molecule has 0 aliphatic heterocycles. The molecule has 1 aromatic rings. The van der Waals surface area contributed by atoms with Crippen molar-refractivity contribution < 1.29 is 22.7 Å². The Kier molecular flexibility index (Phi) is 7.22. The highest BCUT2D eigenvalue weighted by molar-refractivity contribution is 7.89. The summed E-state index contributed by atoms with van der Waals surface area (Å²) in [5.41, 5.74) is 0.138. The van der Waals surface area contributed by atoms with Crippen LogP contribution >= 0.6 is 0 Å². The van der Waals surface area contributed by atoms with Crippen LogP contribution in [0.3, 0.4) is 0 Å². The third-order valence-electron chi connectivity index (χ3n) is 4.55. The van der Waals surface area contributed by atoms with Crippen molar-refractivity contribution in [2.75, 3.05) is 13.7 Å².